The van der Waals surface area contributed by atoms with Crippen molar-refractivity contribution in [1.82, 2.24) is 0 Å². The Morgan fingerprint density at radius 1 is 1.47 bits per heavy atom. The standard InChI is InChI=1S/C12H18N2O/c1-8-5-4-6-11(10(8)3)14-12(15)9(2)7-13/h4-6,9H,7,13H2,1-3H3,(H,14,15). The SMILES string of the molecule is Cc1cccc(NC(=O)C(C)CN)c1C. The summed E-state index contributed by atoms with van der Waals surface area (Å²) < 4.78 is 0. The summed E-state index contributed by atoms with van der Waals surface area (Å²) >= 11 is 0. The van der Waals surface area contributed by atoms with Crippen molar-refractivity contribution in [1.29, 1.82) is 0 Å². The number of carbonyl (C=O) groups is 1. The van der Waals surface area contributed by atoms with Gasteiger partial charge in [0.05, 0.1) is 0 Å². The van der Waals surface area contributed by atoms with E-state index in [9.17, 15) is 4.79 Å². The number of aryl methyl sites for hydroxylation is 1. The van der Waals surface area contributed by atoms with Crippen LogP contribution < -0.4 is 11.1 Å². The first-order valence-electron chi connectivity index (χ1n) is 5.13. The van der Waals surface area contributed by atoms with Crippen LogP contribution in [-0.2, 0) is 4.79 Å². The van der Waals surface area contributed by atoms with Crippen molar-refractivity contribution in [3.63, 3.8) is 0 Å². The van der Waals surface area contributed by atoms with Gasteiger partial charge in [0, 0.05) is 18.2 Å². The summed E-state index contributed by atoms with van der Waals surface area (Å²) in [4.78, 5) is 11.6. The molecule has 0 aromatic heterocycles. The number of nitrogens with one attached hydrogen (secondary N) is 1. The van der Waals surface area contributed by atoms with Crippen LogP contribution in [0.2, 0.25) is 0 Å². The number of carbonyl (C=O) groups excluding carboxylic acids is 1. The fourth-order valence-electron chi connectivity index (χ4n) is 1.25. The van der Waals surface area contributed by atoms with Crippen molar-refractivity contribution in [2.45, 2.75) is 20.8 Å². The van der Waals surface area contributed by atoms with Gasteiger partial charge in [-0.3, -0.25) is 4.79 Å². The Labute approximate surface area is 90.7 Å². The quantitative estimate of drug-likeness (QED) is 0.792. The summed E-state index contributed by atoms with van der Waals surface area (Å²) in [5, 5.41) is 2.88. The van der Waals surface area contributed by atoms with Crippen LogP contribution in [0.1, 0.15) is 18.1 Å². The molecule has 1 aromatic carbocycles. The number of rotatable bonds is 3. The predicted molar refractivity (Wildman–Crippen MR) is 62.8 cm³/mol. The Morgan fingerprint density at radius 3 is 2.73 bits per heavy atom. The molecule has 1 amide bonds. The Kier molecular flexibility index (Phi) is 3.86. The van der Waals surface area contributed by atoms with Crippen molar-refractivity contribution < 1.29 is 4.79 Å². The van der Waals surface area contributed by atoms with Gasteiger partial charge >= 0.3 is 0 Å². The van der Waals surface area contributed by atoms with Gasteiger partial charge in [0.2, 0.25) is 5.91 Å². The summed E-state index contributed by atoms with van der Waals surface area (Å²) in [6.07, 6.45) is 0. The molecule has 0 aliphatic heterocycles. The van der Waals surface area contributed by atoms with Crippen molar-refractivity contribution in [3.05, 3.63) is 29.3 Å². The first kappa shape index (κ1) is 11.7. The van der Waals surface area contributed by atoms with Gasteiger partial charge in [-0.15, -0.1) is 0 Å². The van der Waals surface area contributed by atoms with Gasteiger partial charge in [0.1, 0.15) is 0 Å². The summed E-state index contributed by atoms with van der Waals surface area (Å²) in [6.45, 7) is 6.21. The van der Waals surface area contributed by atoms with E-state index in [0.29, 0.717) is 6.54 Å². The molecular weight excluding hydrogens is 188 g/mol. The number of hydrogen-bond donors (Lipinski definition) is 2. The smallest absolute Gasteiger partial charge is 0.228 e. The van der Waals surface area contributed by atoms with Crippen LogP contribution in [0.5, 0.6) is 0 Å². The van der Waals surface area contributed by atoms with Gasteiger partial charge in [-0.2, -0.15) is 0 Å². The minimum absolute atomic E-state index is 0.0220. The van der Waals surface area contributed by atoms with Gasteiger partial charge in [-0.1, -0.05) is 19.1 Å². The lowest BCUT2D eigenvalue weighted by molar-refractivity contribution is -0.119. The third-order valence-corrected chi connectivity index (χ3v) is 2.66. The third kappa shape index (κ3) is 2.80. The first-order valence-corrected chi connectivity index (χ1v) is 5.13. The zero-order valence-electron chi connectivity index (χ0n) is 9.50. The van der Waals surface area contributed by atoms with E-state index >= 15 is 0 Å². The van der Waals surface area contributed by atoms with Crippen LogP contribution >= 0.6 is 0 Å². The zero-order chi connectivity index (χ0) is 11.4. The maximum atomic E-state index is 11.6. The highest BCUT2D eigenvalue weighted by Gasteiger charge is 2.11. The van der Waals surface area contributed by atoms with Gasteiger partial charge in [0.25, 0.3) is 0 Å². The molecule has 1 aromatic rings. The third-order valence-electron chi connectivity index (χ3n) is 2.66. The highest BCUT2D eigenvalue weighted by Crippen LogP contribution is 2.18. The van der Waals surface area contributed by atoms with Crippen molar-refractivity contribution in [3.8, 4) is 0 Å². The molecule has 3 heteroatoms. The molecule has 82 valence electrons. The maximum Gasteiger partial charge on any atom is 0.228 e. The summed E-state index contributed by atoms with van der Waals surface area (Å²) in [5.41, 5.74) is 8.59. The van der Waals surface area contributed by atoms with Gasteiger partial charge < -0.3 is 11.1 Å². The van der Waals surface area contributed by atoms with Crippen molar-refractivity contribution >= 4 is 11.6 Å². The fraction of sp³-hybridized carbons (Fsp3) is 0.417. The average molecular weight is 206 g/mol. The van der Waals surface area contributed by atoms with E-state index in [1.807, 2.05) is 39.0 Å². The van der Waals surface area contributed by atoms with Crippen LogP contribution in [0.15, 0.2) is 18.2 Å². The minimum Gasteiger partial charge on any atom is -0.330 e. The number of benzene rings is 1. The number of anilines is 1. The monoisotopic (exact) mass is 206 g/mol. The lowest BCUT2D eigenvalue weighted by Gasteiger charge is -2.13. The molecule has 3 nitrogen and oxygen atoms in total. The molecule has 3 N–H and O–H groups in total. The van der Waals surface area contributed by atoms with Crippen LogP contribution in [0.25, 0.3) is 0 Å². The highest BCUT2D eigenvalue weighted by atomic mass is 16.1. The lowest BCUT2D eigenvalue weighted by atomic mass is 10.1. The van der Waals surface area contributed by atoms with Crippen LogP contribution in [-0.4, -0.2) is 12.5 Å². The molecule has 0 saturated heterocycles. The Morgan fingerprint density at radius 2 is 2.13 bits per heavy atom. The lowest BCUT2D eigenvalue weighted by Crippen LogP contribution is -2.27. The molecule has 0 bridgehead atoms. The normalized spacial score (nSPS) is 12.3. The van der Waals surface area contributed by atoms with E-state index in [2.05, 4.69) is 5.32 Å². The molecule has 15 heavy (non-hydrogen) atoms. The van der Waals surface area contributed by atoms with E-state index in [1.54, 1.807) is 0 Å². The first-order chi connectivity index (χ1) is 7.06. The summed E-state index contributed by atoms with van der Waals surface area (Å²) in [7, 11) is 0. The molecule has 0 heterocycles. The molecule has 0 saturated carbocycles. The Hall–Kier alpha value is -1.35. The fourth-order valence-corrected chi connectivity index (χ4v) is 1.25. The van der Waals surface area contributed by atoms with Crippen LogP contribution in [0.3, 0.4) is 0 Å². The number of hydrogen-bond acceptors (Lipinski definition) is 2. The predicted octanol–water partition coefficient (Wildman–Crippen LogP) is 1.84. The van der Waals surface area contributed by atoms with Crippen molar-refractivity contribution in [2.75, 3.05) is 11.9 Å². The molecule has 0 spiro atoms. The van der Waals surface area contributed by atoms with E-state index < -0.39 is 0 Å². The summed E-state index contributed by atoms with van der Waals surface area (Å²) in [6, 6.07) is 5.87. The molecule has 0 aliphatic carbocycles. The minimum atomic E-state index is -0.148. The van der Waals surface area contributed by atoms with E-state index in [1.165, 1.54) is 5.56 Å². The largest absolute Gasteiger partial charge is 0.330 e. The van der Waals surface area contributed by atoms with Crippen LogP contribution in [0, 0.1) is 19.8 Å². The van der Waals surface area contributed by atoms with Gasteiger partial charge in [-0.05, 0) is 31.0 Å². The molecule has 1 atom stereocenters. The van der Waals surface area contributed by atoms with E-state index in [0.717, 1.165) is 11.3 Å². The molecular formula is C12H18N2O. The molecule has 0 radical (unpaired) electrons. The Bertz CT molecular complexity index is 361. The second-order valence-electron chi connectivity index (χ2n) is 3.87. The van der Waals surface area contributed by atoms with E-state index in [-0.39, 0.29) is 11.8 Å². The molecule has 0 fully saturated rings. The number of amides is 1. The van der Waals surface area contributed by atoms with Gasteiger partial charge in [-0.25, -0.2) is 0 Å². The summed E-state index contributed by atoms with van der Waals surface area (Å²) in [5.74, 6) is -0.170. The molecule has 0 aliphatic rings. The topological polar surface area (TPSA) is 55.1 Å². The average Bonchev–Trinajstić information content (AvgIpc) is 2.23. The van der Waals surface area contributed by atoms with Crippen molar-refractivity contribution in [2.24, 2.45) is 11.7 Å². The second kappa shape index (κ2) is 4.94. The van der Waals surface area contributed by atoms with Gasteiger partial charge in [0.15, 0.2) is 0 Å². The molecule has 1 unspecified atom stereocenters. The highest BCUT2D eigenvalue weighted by molar-refractivity contribution is 5.93. The second-order valence-corrected chi connectivity index (χ2v) is 3.87. The number of nitrogens with two attached hydrogens (primary N) is 1. The molecule has 1 rings (SSSR count). The maximum absolute atomic E-state index is 11.6. The van der Waals surface area contributed by atoms with Crippen LogP contribution in [0.4, 0.5) is 5.69 Å². The zero-order valence-corrected chi connectivity index (χ0v) is 9.50. The van der Waals surface area contributed by atoms with E-state index in [4.69, 9.17) is 5.73 Å². The Balaban J connectivity index is 2.81.